The van der Waals surface area contributed by atoms with Crippen molar-refractivity contribution >= 4 is 17.3 Å². The fourth-order valence-electron chi connectivity index (χ4n) is 2.76. The Kier molecular flexibility index (Phi) is 4.77. The number of thiazole rings is 1. The fraction of sp³-hybridized carbons (Fsp3) is 0.105. The van der Waals surface area contributed by atoms with Crippen LogP contribution < -0.4 is 4.74 Å². The Bertz CT molecular complexity index is 1220. The van der Waals surface area contributed by atoms with Gasteiger partial charge in [0.25, 0.3) is 0 Å². The zero-order chi connectivity index (χ0) is 20.5. The van der Waals surface area contributed by atoms with Gasteiger partial charge in [0.15, 0.2) is 5.82 Å². The Morgan fingerprint density at radius 1 is 1.24 bits per heavy atom. The van der Waals surface area contributed by atoms with Crippen LogP contribution in [0.4, 0.5) is 4.39 Å². The van der Waals surface area contributed by atoms with Gasteiger partial charge in [-0.2, -0.15) is 0 Å². The molecule has 146 valence electrons. The summed E-state index contributed by atoms with van der Waals surface area (Å²) in [5, 5.41) is 21.4. The predicted molar refractivity (Wildman–Crippen MR) is 104 cm³/mol. The number of nitrogens with zero attached hydrogens (tertiary/aromatic N) is 5. The Hall–Kier alpha value is -3.66. The fourth-order valence-corrected chi connectivity index (χ4v) is 3.66. The summed E-state index contributed by atoms with van der Waals surface area (Å²) in [6.07, 6.45) is 0. The number of rotatable bonds is 5. The first-order valence-electron chi connectivity index (χ1n) is 8.43. The van der Waals surface area contributed by atoms with E-state index in [0.29, 0.717) is 39.2 Å². The van der Waals surface area contributed by atoms with Gasteiger partial charge in [0.2, 0.25) is 0 Å². The zero-order valence-corrected chi connectivity index (χ0v) is 16.1. The third kappa shape index (κ3) is 3.69. The van der Waals surface area contributed by atoms with Crippen LogP contribution in [0, 0.1) is 12.7 Å². The molecule has 0 saturated heterocycles. The highest BCUT2D eigenvalue weighted by Crippen LogP contribution is 2.37. The minimum Gasteiger partial charge on any atom is -0.477 e. The van der Waals surface area contributed by atoms with Gasteiger partial charge in [0.05, 0.1) is 11.3 Å². The maximum absolute atomic E-state index is 13.5. The zero-order valence-electron chi connectivity index (χ0n) is 15.3. The lowest BCUT2D eigenvalue weighted by molar-refractivity contribution is 0.0701. The van der Waals surface area contributed by atoms with Gasteiger partial charge >= 0.3 is 5.97 Å². The summed E-state index contributed by atoms with van der Waals surface area (Å²) in [6, 6.07) is 11.0. The number of ether oxygens (including phenoxy) is 1. The molecule has 0 aliphatic rings. The van der Waals surface area contributed by atoms with Crippen LogP contribution in [0.5, 0.6) is 11.5 Å². The molecule has 1 N–H and O–H groups in total. The van der Waals surface area contributed by atoms with E-state index in [0.717, 1.165) is 11.3 Å². The molecule has 29 heavy (non-hydrogen) atoms. The smallest absolute Gasteiger partial charge is 0.347 e. The molecule has 0 aliphatic heterocycles. The van der Waals surface area contributed by atoms with Crippen molar-refractivity contribution in [3.63, 3.8) is 0 Å². The van der Waals surface area contributed by atoms with E-state index in [2.05, 4.69) is 20.5 Å². The number of halogens is 1. The molecule has 2 aromatic heterocycles. The molecule has 0 spiro atoms. The van der Waals surface area contributed by atoms with Crippen LogP contribution in [-0.4, -0.2) is 36.3 Å². The van der Waals surface area contributed by atoms with E-state index in [1.165, 1.54) is 16.8 Å². The number of aromatic nitrogens is 5. The summed E-state index contributed by atoms with van der Waals surface area (Å²) in [4.78, 5) is 15.9. The van der Waals surface area contributed by atoms with Crippen molar-refractivity contribution in [1.29, 1.82) is 0 Å². The maximum atomic E-state index is 13.5. The number of carbonyl (C=O) groups is 1. The van der Waals surface area contributed by atoms with Gasteiger partial charge in [-0.05, 0) is 47.7 Å². The molecule has 0 fully saturated rings. The number of hydrogen-bond donors (Lipinski definition) is 1. The SMILES string of the molecule is Cc1nc(-c2ccc(Oc3cccc(F)c3)c(-c3nnnn3C)c2)sc1C(=O)O. The summed E-state index contributed by atoms with van der Waals surface area (Å²) >= 11 is 1.08. The lowest BCUT2D eigenvalue weighted by atomic mass is 10.1. The number of tetrazole rings is 1. The van der Waals surface area contributed by atoms with Gasteiger partial charge in [-0.3, -0.25) is 0 Å². The third-order valence-electron chi connectivity index (χ3n) is 4.10. The second-order valence-electron chi connectivity index (χ2n) is 6.14. The molecule has 8 nitrogen and oxygen atoms in total. The van der Waals surface area contributed by atoms with Crippen molar-refractivity contribution in [2.75, 3.05) is 0 Å². The van der Waals surface area contributed by atoms with Crippen LogP contribution in [0.25, 0.3) is 22.0 Å². The Morgan fingerprint density at radius 3 is 2.72 bits per heavy atom. The highest BCUT2D eigenvalue weighted by atomic mass is 32.1. The van der Waals surface area contributed by atoms with Crippen molar-refractivity contribution < 1.29 is 19.0 Å². The molecule has 0 radical (unpaired) electrons. The Balaban J connectivity index is 1.82. The predicted octanol–water partition coefficient (Wildman–Crippen LogP) is 3.94. The second-order valence-corrected chi connectivity index (χ2v) is 7.13. The van der Waals surface area contributed by atoms with E-state index >= 15 is 0 Å². The molecule has 4 rings (SSSR count). The largest absolute Gasteiger partial charge is 0.477 e. The lowest BCUT2D eigenvalue weighted by Crippen LogP contribution is -1.97. The normalized spacial score (nSPS) is 10.9. The van der Waals surface area contributed by atoms with Gasteiger partial charge in [0.1, 0.15) is 27.2 Å². The number of hydrogen-bond acceptors (Lipinski definition) is 7. The van der Waals surface area contributed by atoms with Crippen LogP contribution in [0.2, 0.25) is 0 Å². The molecule has 0 unspecified atom stereocenters. The summed E-state index contributed by atoms with van der Waals surface area (Å²) in [5.74, 6) is -0.253. The van der Waals surface area contributed by atoms with Crippen LogP contribution in [0.3, 0.4) is 0 Å². The van der Waals surface area contributed by atoms with Crippen LogP contribution >= 0.6 is 11.3 Å². The van der Waals surface area contributed by atoms with Crippen molar-refractivity contribution in [3.05, 3.63) is 58.9 Å². The molecule has 0 atom stereocenters. The number of carboxylic acids is 1. The minimum absolute atomic E-state index is 0.182. The summed E-state index contributed by atoms with van der Waals surface area (Å²) in [7, 11) is 1.68. The second kappa shape index (κ2) is 7.40. The first kappa shape index (κ1) is 18.7. The lowest BCUT2D eigenvalue weighted by Gasteiger charge is -2.11. The highest BCUT2D eigenvalue weighted by Gasteiger charge is 2.19. The van der Waals surface area contributed by atoms with Crippen molar-refractivity contribution in [2.45, 2.75) is 6.92 Å². The topological polar surface area (TPSA) is 103 Å². The Morgan fingerprint density at radius 2 is 2.07 bits per heavy atom. The summed E-state index contributed by atoms with van der Waals surface area (Å²) < 4.78 is 20.9. The molecular formula is C19H14FN5O3S. The molecule has 0 aliphatic carbocycles. The van der Waals surface area contributed by atoms with Crippen LogP contribution in [0.15, 0.2) is 42.5 Å². The molecular weight excluding hydrogens is 397 g/mol. The van der Waals surface area contributed by atoms with Gasteiger partial charge in [-0.25, -0.2) is 18.9 Å². The average Bonchev–Trinajstić information content (AvgIpc) is 3.28. The highest BCUT2D eigenvalue weighted by molar-refractivity contribution is 7.17. The molecule has 2 aromatic carbocycles. The van der Waals surface area contributed by atoms with Crippen molar-refractivity contribution in [2.24, 2.45) is 7.05 Å². The molecule has 0 bridgehead atoms. The minimum atomic E-state index is -1.02. The van der Waals surface area contributed by atoms with Gasteiger partial charge in [0, 0.05) is 18.7 Å². The number of carboxylic acid groups (broad SMARTS) is 1. The van der Waals surface area contributed by atoms with Crippen LogP contribution in [-0.2, 0) is 7.05 Å². The monoisotopic (exact) mass is 411 g/mol. The van der Waals surface area contributed by atoms with Gasteiger partial charge in [-0.1, -0.05) is 6.07 Å². The molecule has 0 saturated carbocycles. The standard InChI is InChI=1S/C19H14FN5O3S/c1-10-16(19(26)27)29-18(21-10)11-6-7-15(28-13-5-3-4-12(20)9-13)14(8-11)17-22-23-24-25(17)2/h3-9H,1-2H3,(H,26,27). The van der Waals surface area contributed by atoms with E-state index in [-0.39, 0.29) is 4.88 Å². The molecule has 0 amide bonds. The van der Waals surface area contributed by atoms with E-state index < -0.39 is 11.8 Å². The number of benzene rings is 2. The molecule has 10 heteroatoms. The first-order chi connectivity index (χ1) is 13.9. The average molecular weight is 411 g/mol. The van der Waals surface area contributed by atoms with E-state index in [1.54, 1.807) is 44.3 Å². The van der Waals surface area contributed by atoms with E-state index in [4.69, 9.17) is 4.74 Å². The summed E-state index contributed by atoms with van der Waals surface area (Å²) in [5.41, 5.74) is 1.69. The number of aryl methyl sites for hydroxylation is 2. The summed E-state index contributed by atoms with van der Waals surface area (Å²) in [6.45, 7) is 1.65. The molecule has 2 heterocycles. The first-order valence-corrected chi connectivity index (χ1v) is 9.25. The maximum Gasteiger partial charge on any atom is 0.347 e. The van der Waals surface area contributed by atoms with Gasteiger partial charge < -0.3 is 9.84 Å². The van der Waals surface area contributed by atoms with Crippen molar-refractivity contribution in [1.82, 2.24) is 25.2 Å². The van der Waals surface area contributed by atoms with Gasteiger partial charge in [-0.15, -0.1) is 16.4 Å². The third-order valence-corrected chi connectivity index (χ3v) is 5.30. The van der Waals surface area contributed by atoms with E-state index in [9.17, 15) is 14.3 Å². The Labute approximate surface area is 168 Å². The van der Waals surface area contributed by atoms with E-state index in [1.807, 2.05) is 0 Å². The van der Waals surface area contributed by atoms with Crippen LogP contribution in [0.1, 0.15) is 15.4 Å². The quantitative estimate of drug-likeness (QED) is 0.530. The van der Waals surface area contributed by atoms with Crippen molar-refractivity contribution in [3.8, 4) is 33.5 Å². The molecule has 4 aromatic rings. The number of aromatic carboxylic acids is 1.